The molecule has 1 N–H and O–H groups in total. The second-order valence-electron chi connectivity index (χ2n) is 5.78. The molecule has 1 aliphatic heterocycles. The first kappa shape index (κ1) is 20.3. The Morgan fingerprint density at radius 3 is 2.65 bits per heavy atom. The Labute approximate surface area is 171 Å². The summed E-state index contributed by atoms with van der Waals surface area (Å²) >= 11 is 0. The summed E-state index contributed by atoms with van der Waals surface area (Å²) in [4.78, 5) is 13.0. The van der Waals surface area contributed by atoms with Crippen molar-refractivity contribution in [2.45, 2.75) is 6.54 Å². The van der Waals surface area contributed by atoms with Crippen molar-refractivity contribution >= 4 is 35.6 Å². The number of rotatable bonds is 5. The number of aliphatic imine (C=N–C) groups is 1. The molecule has 0 saturated carbocycles. The number of benzene rings is 1. The van der Waals surface area contributed by atoms with Gasteiger partial charge in [-0.3, -0.25) is 9.67 Å². The molecule has 0 atom stereocenters. The molecule has 0 unspecified atom stereocenters. The number of hydrogen-bond donors (Lipinski definition) is 1. The Morgan fingerprint density at radius 1 is 1.23 bits per heavy atom. The molecule has 0 aliphatic carbocycles. The van der Waals surface area contributed by atoms with E-state index in [1.165, 1.54) is 0 Å². The van der Waals surface area contributed by atoms with Crippen molar-refractivity contribution in [3.05, 3.63) is 36.9 Å². The summed E-state index contributed by atoms with van der Waals surface area (Å²) in [5.41, 5.74) is 1.15. The molecule has 142 valence electrons. The van der Waals surface area contributed by atoms with E-state index in [0.717, 1.165) is 56.7 Å². The van der Waals surface area contributed by atoms with E-state index in [1.54, 1.807) is 24.4 Å². The minimum atomic E-state index is 0. The van der Waals surface area contributed by atoms with Gasteiger partial charge in [0.05, 0.1) is 19.3 Å². The van der Waals surface area contributed by atoms with Crippen molar-refractivity contribution in [2.24, 2.45) is 4.99 Å². The summed E-state index contributed by atoms with van der Waals surface area (Å²) in [5.74, 6) is 1.85. The summed E-state index contributed by atoms with van der Waals surface area (Å²) in [6.45, 7) is 5.24. The van der Waals surface area contributed by atoms with Gasteiger partial charge in [-0.2, -0.15) is 5.10 Å². The minimum absolute atomic E-state index is 0. The summed E-state index contributed by atoms with van der Waals surface area (Å²) in [5, 5.41) is 7.50. The minimum Gasteiger partial charge on any atom is -0.495 e. The third-order valence-corrected chi connectivity index (χ3v) is 4.31. The number of methoxy groups -OCH3 is 1. The van der Waals surface area contributed by atoms with Gasteiger partial charge in [-0.15, -0.1) is 24.0 Å². The summed E-state index contributed by atoms with van der Waals surface area (Å²) < 4.78 is 7.28. The lowest BCUT2D eigenvalue weighted by molar-refractivity contribution is 0.366. The Balaban J connectivity index is 0.00000243. The lowest BCUT2D eigenvalue weighted by atomic mass is 10.2. The van der Waals surface area contributed by atoms with E-state index in [9.17, 15) is 0 Å². The van der Waals surface area contributed by atoms with Crippen molar-refractivity contribution in [3.63, 3.8) is 0 Å². The molecule has 9 heteroatoms. The quantitative estimate of drug-likeness (QED) is 0.403. The van der Waals surface area contributed by atoms with E-state index in [4.69, 9.17) is 4.74 Å². The predicted molar refractivity (Wildman–Crippen MR) is 114 cm³/mol. The van der Waals surface area contributed by atoms with Gasteiger partial charge < -0.3 is 19.9 Å². The average Bonchev–Trinajstić information content (AvgIpc) is 3.19. The first-order chi connectivity index (χ1) is 12.3. The van der Waals surface area contributed by atoms with Gasteiger partial charge in [0, 0.05) is 39.8 Å². The van der Waals surface area contributed by atoms with Crippen LogP contribution in [0.4, 0.5) is 5.69 Å². The highest BCUT2D eigenvalue weighted by Crippen LogP contribution is 2.28. The smallest absolute Gasteiger partial charge is 0.193 e. The molecular formula is C17H26IN7O. The number of hydrogen-bond acceptors (Lipinski definition) is 5. The maximum absolute atomic E-state index is 5.48. The number of ether oxygens (including phenoxy) is 1. The van der Waals surface area contributed by atoms with Gasteiger partial charge >= 0.3 is 0 Å². The SMILES string of the molecule is CN=C(NCCn1cncn1)N1CCN(c2ccccc2OC)CC1.I. The van der Waals surface area contributed by atoms with E-state index in [-0.39, 0.29) is 24.0 Å². The topological polar surface area (TPSA) is 70.8 Å². The van der Waals surface area contributed by atoms with Crippen molar-refractivity contribution in [1.29, 1.82) is 0 Å². The second kappa shape index (κ2) is 10.2. The van der Waals surface area contributed by atoms with Gasteiger partial charge in [0.15, 0.2) is 5.96 Å². The van der Waals surface area contributed by atoms with Crippen LogP contribution in [0.5, 0.6) is 5.75 Å². The van der Waals surface area contributed by atoms with Crippen molar-refractivity contribution in [1.82, 2.24) is 25.0 Å². The fraction of sp³-hybridized carbons (Fsp3) is 0.471. The zero-order valence-electron chi connectivity index (χ0n) is 15.2. The van der Waals surface area contributed by atoms with Crippen LogP contribution in [0.1, 0.15) is 0 Å². The lowest BCUT2D eigenvalue weighted by Crippen LogP contribution is -2.53. The molecule has 0 radical (unpaired) electrons. The Kier molecular flexibility index (Phi) is 7.95. The lowest BCUT2D eigenvalue weighted by Gasteiger charge is -2.38. The molecule has 26 heavy (non-hydrogen) atoms. The van der Waals surface area contributed by atoms with Crippen molar-refractivity contribution in [3.8, 4) is 5.75 Å². The van der Waals surface area contributed by atoms with Crippen LogP contribution >= 0.6 is 24.0 Å². The third-order valence-electron chi connectivity index (χ3n) is 4.31. The highest BCUT2D eigenvalue weighted by atomic mass is 127. The molecule has 2 aromatic rings. The first-order valence-electron chi connectivity index (χ1n) is 8.48. The van der Waals surface area contributed by atoms with Crippen LogP contribution in [-0.2, 0) is 6.54 Å². The van der Waals surface area contributed by atoms with Gasteiger partial charge in [0.25, 0.3) is 0 Å². The normalized spacial score (nSPS) is 14.8. The molecule has 2 heterocycles. The van der Waals surface area contributed by atoms with Crippen LogP contribution in [0.3, 0.4) is 0 Å². The summed E-state index contributed by atoms with van der Waals surface area (Å²) in [6, 6.07) is 8.17. The van der Waals surface area contributed by atoms with E-state index >= 15 is 0 Å². The molecule has 8 nitrogen and oxygen atoms in total. The fourth-order valence-corrected chi connectivity index (χ4v) is 3.01. The molecular weight excluding hydrogens is 445 g/mol. The third kappa shape index (κ3) is 4.99. The molecule has 0 spiro atoms. The number of nitrogens with one attached hydrogen (secondary N) is 1. The van der Waals surface area contributed by atoms with Crippen LogP contribution in [0.25, 0.3) is 0 Å². The first-order valence-corrected chi connectivity index (χ1v) is 8.48. The van der Waals surface area contributed by atoms with Crippen molar-refractivity contribution < 1.29 is 4.74 Å². The monoisotopic (exact) mass is 471 g/mol. The predicted octanol–water partition coefficient (Wildman–Crippen LogP) is 1.30. The maximum atomic E-state index is 5.48. The van der Waals surface area contributed by atoms with Gasteiger partial charge in [-0.05, 0) is 12.1 Å². The van der Waals surface area contributed by atoms with E-state index in [2.05, 4.69) is 42.3 Å². The average molecular weight is 471 g/mol. The maximum Gasteiger partial charge on any atom is 0.193 e. The van der Waals surface area contributed by atoms with E-state index < -0.39 is 0 Å². The Bertz CT molecular complexity index is 684. The Hall–Kier alpha value is -2.04. The van der Waals surface area contributed by atoms with Crippen molar-refractivity contribution in [2.75, 3.05) is 51.8 Å². The Morgan fingerprint density at radius 2 is 2.00 bits per heavy atom. The molecule has 1 aromatic heterocycles. The van der Waals surface area contributed by atoms with Crippen LogP contribution < -0.4 is 15.0 Å². The number of aromatic nitrogens is 3. The van der Waals surface area contributed by atoms with Gasteiger partial charge in [-0.1, -0.05) is 12.1 Å². The summed E-state index contributed by atoms with van der Waals surface area (Å²) in [7, 11) is 3.54. The number of halogens is 1. The van der Waals surface area contributed by atoms with Crippen LogP contribution in [0.2, 0.25) is 0 Å². The number of guanidine groups is 1. The fourth-order valence-electron chi connectivity index (χ4n) is 3.01. The van der Waals surface area contributed by atoms with Gasteiger partial charge in [-0.25, -0.2) is 4.98 Å². The molecule has 1 aromatic carbocycles. The molecule has 3 rings (SSSR count). The van der Waals surface area contributed by atoms with E-state index in [1.807, 2.05) is 19.2 Å². The van der Waals surface area contributed by atoms with Crippen LogP contribution in [0, 0.1) is 0 Å². The number of anilines is 1. The second-order valence-corrected chi connectivity index (χ2v) is 5.78. The molecule has 0 bridgehead atoms. The molecule has 1 fully saturated rings. The highest BCUT2D eigenvalue weighted by Gasteiger charge is 2.21. The molecule has 1 aliphatic rings. The highest BCUT2D eigenvalue weighted by molar-refractivity contribution is 14.0. The van der Waals surface area contributed by atoms with Crippen LogP contribution in [0.15, 0.2) is 41.9 Å². The number of piperazine rings is 1. The number of para-hydroxylation sites is 2. The van der Waals surface area contributed by atoms with Gasteiger partial charge in [0.2, 0.25) is 0 Å². The standard InChI is InChI=1S/C17H25N7O.HI/c1-18-17(20-7-8-24-14-19-13-21-24)23-11-9-22(10-12-23)15-5-3-4-6-16(15)25-2;/h3-6,13-14H,7-12H2,1-2H3,(H,18,20);1H. The molecule has 1 saturated heterocycles. The molecule has 0 amide bonds. The summed E-state index contributed by atoms with van der Waals surface area (Å²) in [6.07, 6.45) is 3.27. The zero-order valence-corrected chi connectivity index (χ0v) is 17.5. The zero-order chi connectivity index (χ0) is 17.5. The largest absolute Gasteiger partial charge is 0.495 e. The van der Waals surface area contributed by atoms with Crippen LogP contribution in [-0.4, -0.2) is 72.5 Å². The number of nitrogens with zero attached hydrogens (tertiary/aromatic N) is 6. The van der Waals surface area contributed by atoms with Gasteiger partial charge in [0.1, 0.15) is 18.4 Å². The van der Waals surface area contributed by atoms with E-state index in [0.29, 0.717) is 0 Å².